The molecule has 0 spiro atoms. The van der Waals surface area contributed by atoms with Crippen molar-refractivity contribution < 1.29 is 4.79 Å². The Kier molecular flexibility index (Phi) is 1.76. The molecular weight excluding hydrogens is 132 g/mol. The van der Waals surface area contributed by atoms with Crippen LogP contribution in [0.2, 0.25) is 0 Å². The minimum Gasteiger partial charge on any atom is -0.301 e. The Morgan fingerprint density at radius 2 is 2.56 bits per heavy atom. The van der Waals surface area contributed by atoms with Crippen LogP contribution in [-0.4, -0.2) is 11.0 Å². The van der Waals surface area contributed by atoms with E-state index in [1.54, 1.807) is 6.08 Å². The molecular formula is C7H8OS. The summed E-state index contributed by atoms with van der Waals surface area (Å²) in [7, 11) is 0. The van der Waals surface area contributed by atoms with Gasteiger partial charge in [0, 0.05) is 0 Å². The van der Waals surface area contributed by atoms with Crippen LogP contribution in [0.4, 0.5) is 0 Å². The van der Waals surface area contributed by atoms with E-state index in [2.05, 4.69) is 6.58 Å². The number of rotatable bonds is 2. The lowest BCUT2D eigenvalue weighted by Gasteiger charge is -2.13. The van der Waals surface area contributed by atoms with Crippen LogP contribution >= 0.6 is 11.8 Å². The highest BCUT2D eigenvalue weighted by atomic mass is 32.2. The van der Waals surface area contributed by atoms with Crippen molar-refractivity contribution in [1.82, 2.24) is 0 Å². The lowest BCUT2D eigenvalue weighted by atomic mass is 10.1. The van der Waals surface area contributed by atoms with Crippen LogP contribution in [0.25, 0.3) is 0 Å². The first-order valence-corrected chi connectivity index (χ1v) is 3.64. The molecule has 0 saturated carbocycles. The number of allylic oxidation sites excluding steroid dienone is 1. The van der Waals surface area contributed by atoms with E-state index in [0.29, 0.717) is 0 Å². The van der Waals surface area contributed by atoms with Crippen molar-refractivity contribution in [2.24, 2.45) is 0 Å². The van der Waals surface area contributed by atoms with Gasteiger partial charge in [-0.05, 0) is 11.8 Å². The summed E-state index contributed by atoms with van der Waals surface area (Å²) in [5.41, 5.74) is 0. The van der Waals surface area contributed by atoms with Crippen molar-refractivity contribution >= 4 is 18.0 Å². The second-order valence-corrected chi connectivity index (χ2v) is 3.24. The molecule has 1 heterocycles. The maximum Gasteiger partial charge on any atom is 0.140 e. The summed E-state index contributed by atoms with van der Waals surface area (Å²) in [6.45, 7) is 3.59. The van der Waals surface area contributed by atoms with Crippen LogP contribution < -0.4 is 0 Å². The molecule has 2 heteroatoms. The molecule has 48 valence electrons. The average molecular weight is 140 g/mol. The first-order valence-electron chi connectivity index (χ1n) is 2.76. The van der Waals surface area contributed by atoms with Gasteiger partial charge in [0.1, 0.15) is 6.29 Å². The molecule has 1 aliphatic heterocycles. The topological polar surface area (TPSA) is 17.1 Å². The summed E-state index contributed by atoms with van der Waals surface area (Å²) in [4.78, 5) is 10.4. The molecule has 0 aromatic rings. The molecule has 1 rings (SSSR count). The number of aldehydes is 1. The highest BCUT2D eigenvalue weighted by Gasteiger charge is 2.27. The van der Waals surface area contributed by atoms with Gasteiger partial charge in [0.15, 0.2) is 0 Å². The van der Waals surface area contributed by atoms with Crippen molar-refractivity contribution in [3.63, 3.8) is 0 Å². The van der Waals surface area contributed by atoms with E-state index in [1.807, 2.05) is 11.5 Å². The van der Waals surface area contributed by atoms with E-state index in [1.165, 1.54) is 11.8 Å². The van der Waals surface area contributed by atoms with Gasteiger partial charge in [0.2, 0.25) is 0 Å². The number of hydrogen-bond donors (Lipinski definition) is 0. The molecule has 0 radical (unpaired) electrons. The summed E-state index contributed by atoms with van der Waals surface area (Å²) in [5.74, 6) is 0. The number of carbonyl (C=O) groups excluding carboxylic acids is 1. The predicted octanol–water partition coefficient (Wildman–Crippen LogP) is 1.76. The molecule has 1 unspecified atom stereocenters. The molecule has 9 heavy (non-hydrogen) atoms. The summed E-state index contributed by atoms with van der Waals surface area (Å²) in [5, 5.41) is 1.94. The molecule has 0 aliphatic carbocycles. The van der Waals surface area contributed by atoms with Crippen LogP contribution in [-0.2, 0) is 4.79 Å². The molecule has 0 amide bonds. The normalized spacial score (nSPS) is 32.4. The molecule has 0 bridgehead atoms. The first-order chi connectivity index (χ1) is 4.33. The lowest BCUT2D eigenvalue weighted by Crippen LogP contribution is -2.18. The maximum atomic E-state index is 10.4. The molecule has 0 saturated heterocycles. The van der Waals surface area contributed by atoms with E-state index in [-0.39, 0.29) is 4.75 Å². The monoisotopic (exact) mass is 140 g/mol. The Bertz CT molecular complexity index is 142. The molecule has 1 atom stereocenters. The third kappa shape index (κ3) is 1.08. The largest absolute Gasteiger partial charge is 0.301 e. The fourth-order valence-electron chi connectivity index (χ4n) is 0.711. The Balaban J connectivity index is 2.71. The minimum atomic E-state index is -0.333. The fraction of sp³-hybridized carbons (Fsp3) is 0.286. The van der Waals surface area contributed by atoms with Gasteiger partial charge in [0.05, 0.1) is 4.75 Å². The van der Waals surface area contributed by atoms with Crippen LogP contribution in [0.5, 0.6) is 0 Å². The van der Waals surface area contributed by atoms with Crippen molar-refractivity contribution in [2.45, 2.75) is 11.2 Å². The van der Waals surface area contributed by atoms with Crippen molar-refractivity contribution in [2.75, 3.05) is 0 Å². The zero-order chi connectivity index (χ0) is 6.74. The molecule has 1 aliphatic rings. The quantitative estimate of drug-likeness (QED) is 0.429. The highest BCUT2D eigenvalue weighted by Crippen LogP contribution is 2.35. The van der Waals surface area contributed by atoms with Crippen molar-refractivity contribution in [3.8, 4) is 0 Å². The Morgan fingerprint density at radius 1 is 1.78 bits per heavy atom. The second kappa shape index (κ2) is 2.40. The van der Waals surface area contributed by atoms with Gasteiger partial charge in [-0.3, -0.25) is 0 Å². The van der Waals surface area contributed by atoms with Gasteiger partial charge in [0.25, 0.3) is 0 Å². The van der Waals surface area contributed by atoms with Gasteiger partial charge in [-0.1, -0.05) is 12.2 Å². The standard InChI is InChI=1S/C7H8OS/c1-2-7(6-8)4-3-5-9-7/h2-3,5-6H,1,4H2. The SMILES string of the molecule is C=CC1(C=O)CC=CS1. The third-order valence-electron chi connectivity index (χ3n) is 1.37. The Morgan fingerprint density at radius 3 is 2.78 bits per heavy atom. The zero-order valence-corrected chi connectivity index (χ0v) is 5.86. The van der Waals surface area contributed by atoms with E-state index < -0.39 is 0 Å². The summed E-state index contributed by atoms with van der Waals surface area (Å²) in [6, 6.07) is 0. The van der Waals surface area contributed by atoms with E-state index in [9.17, 15) is 4.79 Å². The number of hydrogen-bond acceptors (Lipinski definition) is 2. The third-order valence-corrected chi connectivity index (χ3v) is 2.56. The highest BCUT2D eigenvalue weighted by molar-refractivity contribution is 8.04. The Labute approximate surface area is 58.8 Å². The number of thioether (sulfide) groups is 1. The Hall–Kier alpha value is -0.500. The van der Waals surface area contributed by atoms with Gasteiger partial charge in [-0.25, -0.2) is 0 Å². The van der Waals surface area contributed by atoms with Gasteiger partial charge < -0.3 is 4.79 Å². The molecule has 0 fully saturated rings. The first kappa shape index (κ1) is 6.62. The smallest absolute Gasteiger partial charge is 0.140 e. The fourth-order valence-corrected chi connectivity index (χ4v) is 1.50. The van der Waals surface area contributed by atoms with Gasteiger partial charge in [-0.2, -0.15) is 0 Å². The molecule has 1 nitrogen and oxygen atoms in total. The van der Waals surface area contributed by atoms with Crippen LogP contribution in [0.3, 0.4) is 0 Å². The maximum absolute atomic E-state index is 10.4. The van der Waals surface area contributed by atoms with Crippen molar-refractivity contribution in [3.05, 3.63) is 24.1 Å². The van der Waals surface area contributed by atoms with Crippen LogP contribution in [0, 0.1) is 0 Å². The molecule has 0 aromatic heterocycles. The number of carbonyl (C=O) groups is 1. The second-order valence-electron chi connectivity index (χ2n) is 1.97. The summed E-state index contributed by atoms with van der Waals surface area (Å²) < 4.78 is -0.333. The van der Waals surface area contributed by atoms with Crippen molar-refractivity contribution in [1.29, 1.82) is 0 Å². The van der Waals surface area contributed by atoms with E-state index in [0.717, 1.165) is 12.7 Å². The minimum absolute atomic E-state index is 0.333. The zero-order valence-electron chi connectivity index (χ0n) is 5.04. The molecule has 0 N–H and O–H groups in total. The van der Waals surface area contributed by atoms with Gasteiger partial charge in [-0.15, -0.1) is 18.3 Å². The van der Waals surface area contributed by atoms with Crippen LogP contribution in [0.1, 0.15) is 6.42 Å². The lowest BCUT2D eigenvalue weighted by molar-refractivity contribution is -0.108. The van der Waals surface area contributed by atoms with Gasteiger partial charge >= 0.3 is 0 Å². The predicted molar refractivity (Wildman–Crippen MR) is 40.3 cm³/mol. The van der Waals surface area contributed by atoms with E-state index >= 15 is 0 Å². The van der Waals surface area contributed by atoms with E-state index in [4.69, 9.17) is 0 Å². The van der Waals surface area contributed by atoms with Crippen LogP contribution in [0.15, 0.2) is 24.1 Å². The average Bonchev–Trinajstić information content (AvgIpc) is 2.36. The summed E-state index contributed by atoms with van der Waals surface area (Å²) in [6.07, 6.45) is 5.43. The molecule has 0 aromatic carbocycles. The summed E-state index contributed by atoms with van der Waals surface area (Å²) >= 11 is 1.52.